The van der Waals surface area contributed by atoms with Crippen LogP contribution >= 0.6 is 27.5 Å². The average molecular weight is 562 g/mol. The summed E-state index contributed by atoms with van der Waals surface area (Å²) in [6.07, 6.45) is 3.87. The first-order valence-electron chi connectivity index (χ1n) is 11.8. The van der Waals surface area contributed by atoms with E-state index in [4.69, 9.17) is 11.6 Å². The van der Waals surface area contributed by atoms with Gasteiger partial charge in [-0.2, -0.15) is 0 Å². The van der Waals surface area contributed by atoms with Gasteiger partial charge in [0.2, 0.25) is 11.8 Å². The molecule has 3 aliphatic rings. The third-order valence-corrected chi connectivity index (χ3v) is 8.22. The number of ketones is 1. The Kier molecular flexibility index (Phi) is 5.43. The van der Waals surface area contributed by atoms with Crippen molar-refractivity contribution in [1.82, 2.24) is 0 Å². The summed E-state index contributed by atoms with van der Waals surface area (Å²) in [5.74, 6) is -2.24. The molecule has 2 saturated heterocycles. The molecule has 5 nitrogen and oxygen atoms in total. The van der Waals surface area contributed by atoms with E-state index in [-0.39, 0.29) is 17.6 Å². The summed E-state index contributed by atoms with van der Waals surface area (Å²) >= 11 is 9.67. The van der Waals surface area contributed by atoms with Gasteiger partial charge in [0, 0.05) is 20.7 Å². The van der Waals surface area contributed by atoms with Crippen LogP contribution in [0.4, 0.5) is 11.4 Å². The van der Waals surface area contributed by atoms with E-state index in [2.05, 4.69) is 15.9 Å². The van der Waals surface area contributed by atoms with Crippen LogP contribution in [-0.4, -0.2) is 29.7 Å². The van der Waals surface area contributed by atoms with E-state index in [1.54, 1.807) is 18.2 Å². The fourth-order valence-corrected chi connectivity index (χ4v) is 6.37. The molecule has 6 rings (SSSR count). The number of carbonyl (C=O) groups excluding carboxylic acids is 3. The van der Waals surface area contributed by atoms with Gasteiger partial charge in [-0.05, 0) is 61.4 Å². The van der Waals surface area contributed by atoms with Crippen molar-refractivity contribution in [3.8, 4) is 0 Å². The van der Waals surface area contributed by atoms with Crippen LogP contribution in [0, 0.1) is 25.7 Å². The van der Waals surface area contributed by atoms with E-state index in [0.29, 0.717) is 16.3 Å². The average Bonchev–Trinajstić information content (AvgIpc) is 3.32. The van der Waals surface area contributed by atoms with Gasteiger partial charge in [-0.25, -0.2) is 4.90 Å². The van der Waals surface area contributed by atoms with Gasteiger partial charge in [0.1, 0.15) is 6.04 Å². The minimum atomic E-state index is -0.821. The van der Waals surface area contributed by atoms with Crippen molar-refractivity contribution >= 4 is 62.6 Å². The molecule has 0 radical (unpaired) electrons. The van der Waals surface area contributed by atoms with Crippen LogP contribution in [0.5, 0.6) is 0 Å². The molecule has 0 aliphatic carbocycles. The van der Waals surface area contributed by atoms with E-state index in [1.165, 1.54) is 4.90 Å². The number of halogens is 2. The number of Topliss-reactive ketones (excluding diaryl/α,β-unsaturated/α-hetero) is 1. The lowest BCUT2D eigenvalue weighted by Gasteiger charge is -2.36. The Bertz CT molecular complexity index is 1480. The number of hydrogen-bond donors (Lipinski definition) is 0. The Hall–Kier alpha value is -3.22. The van der Waals surface area contributed by atoms with Gasteiger partial charge in [0.05, 0.1) is 23.6 Å². The van der Waals surface area contributed by atoms with Crippen LogP contribution in [0.25, 0.3) is 6.08 Å². The molecule has 4 atom stereocenters. The molecule has 2 fully saturated rings. The molecule has 3 aliphatic heterocycles. The van der Waals surface area contributed by atoms with Crippen molar-refractivity contribution in [2.75, 3.05) is 9.80 Å². The molecular weight excluding hydrogens is 540 g/mol. The Morgan fingerprint density at radius 3 is 2.31 bits per heavy atom. The first-order chi connectivity index (χ1) is 17.3. The molecular formula is C29H22BrClN2O3. The lowest BCUT2D eigenvalue weighted by molar-refractivity contribution is -0.122. The predicted octanol–water partition coefficient (Wildman–Crippen LogP) is 5.99. The Morgan fingerprint density at radius 2 is 1.58 bits per heavy atom. The summed E-state index contributed by atoms with van der Waals surface area (Å²) in [5.41, 5.74) is 4.64. The van der Waals surface area contributed by atoms with E-state index in [0.717, 1.165) is 26.9 Å². The third kappa shape index (κ3) is 3.39. The van der Waals surface area contributed by atoms with Crippen molar-refractivity contribution in [2.45, 2.75) is 25.9 Å². The van der Waals surface area contributed by atoms with Crippen LogP contribution in [-0.2, 0) is 9.59 Å². The van der Waals surface area contributed by atoms with Crippen molar-refractivity contribution in [3.05, 3.63) is 98.5 Å². The second-order valence-corrected chi connectivity index (χ2v) is 11.0. The van der Waals surface area contributed by atoms with E-state index in [9.17, 15) is 14.4 Å². The fraction of sp³-hybridized carbons (Fsp3) is 0.207. The maximum absolute atomic E-state index is 14.1. The van der Waals surface area contributed by atoms with E-state index < -0.39 is 23.9 Å². The number of amides is 2. The molecule has 3 aromatic rings. The number of imide groups is 1. The normalized spacial score (nSPS) is 24.1. The predicted molar refractivity (Wildman–Crippen MR) is 144 cm³/mol. The van der Waals surface area contributed by atoms with Crippen LogP contribution in [0.3, 0.4) is 0 Å². The molecule has 7 heteroatoms. The molecule has 3 aromatic carbocycles. The summed E-state index contributed by atoms with van der Waals surface area (Å²) < 4.78 is 0.857. The molecule has 0 N–H and O–H groups in total. The minimum Gasteiger partial charge on any atom is -0.352 e. The van der Waals surface area contributed by atoms with Gasteiger partial charge in [-0.15, -0.1) is 0 Å². The Morgan fingerprint density at radius 1 is 0.889 bits per heavy atom. The topological polar surface area (TPSA) is 57.7 Å². The van der Waals surface area contributed by atoms with Gasteiger partial charge < -0.3 is 4.90 Å². The number of nitrogens with zero attached hydrogens (tertiary/aromatic N) is 2. The van der Waals surface area contributed by atoms with Crippen molar-refractivity contribution in [2.24, 2.45) is 11.8 Å². The molecule has 0 saturated carbocycles. The van der Waals surface area contributed by atoms with Gasteiger partial charge >= 0.3 is 0 Å². The second kappa shape index (κ2) is 8.43. The smallest absolute Gasteiger partial charge is 0.240 e. The number of anilines is 2. The Labute approximate surface area is 222 Å². The quantitative estimate of drug-likeness (QED) is 0.291. The number of fused-ring (bicyclic) bond motifs is 5. The van der Waals surface area contributed by atoms with Crippen LogP contribution in [0.1, 0.15) is 27.0 Å². The summed E-state index contributed by atoms with van der Waals surface area (Å²) in [6, 6.07) is 17.0. The summed E-state index contributed by atoms with van der Waals surface area (Å²) in [6.45, 7) is 3.87. The van der Waals surface area contributed by atoms with Gasteiger partial charge in [0.15, 0.2) is 5.78 Å². The van der Waals surface area contributed by atoms with Crippen LogP contribution < -0.4 is 9.80 Å². The van der Waals surface area contributed by atoms with Gasteiger partial charge in [0.25, 0.3) is 0 Å². The molecule has 36 heavy (non-hydrogen) atoms. The molecule has 3 heterocycles. The molecule has 4 unspecified atom stereocenters. The molecule has 0 aromatic heterocycles. The highest BCUT2D eigenvalue weighted by atomic mass is 79.9. The monoisotopic (exact) mass is 560 g/mol. The summed E-state index contributed by atoms with van der Waals surface area (Å²) in [7, 11) is 0. The number of rotatable bonds is 3. The first kappa shape index (κ1) is 23.2. The van der Waals surface area contributed by atoms with Crippen molar-refractivity contribution in [3.63, 3.8) is 0 Å². The second-order valence-electron chi connectivity index (χ2n) is 9.63. The van der Waals surface area contributed by atoms with E-state index >= 15 is 0 Å². The number of carbonyl (C=O) groups is 3. The maximum atomic E-state index is 14.1. The van der Waals surface area contributed by atoms with Crippen LogP contribution in [0.15, 0.2) is 71.2 Å². The summed E-state index contributed by atoms with van der Waals surface area (Å²) in [4.78, 5) is 45.2. The lowest BCUT2D eigenvalue weighted by Crippen LogP contribution is -2.49. The zero-order valence-electron chi connectivity index (χ0n) is 19.6. The molecule has 2 amide bonds. The van der Waals surface area contributed by atoms with Crippen LogP contribution in [0.2, 0.25) is 5.02 Å². The van der Waals surface area contributed by atoms with Crippen molar-refractivity contribution < 1.29 is 14.4 Å². The highest BCUT2D eigenvalue weighted by molar-refractivity contribution is 9.10. The number of benzene rings is 3. The van der Waals surface area contributed by atoms with Crippen molar-refractivity contribution in [1.29, 1.82) is 0 Å². The van der Waals surface area contributed by atoms with Gasteiger partial charge in [-0.1, -0.05) is 69.5 Å². The highest BCUT2D eigenvalue weighted by Gasteiger charge is 2.64. The molecule has 0 bridgehead atoms. The van der Waals surface area contributed by atoms with Gasteiger partial charge in [-0.3, -0.25) is 14.4 Å². The highest BCUT2D eigenvalue weighted by Crippen LogP contribution is 2.50. The number of hydrogen-bond acceptors (Lipinski definition) is 4. The standard InChI is InChI=1S/C29H22BrClN2O3/c1-15-3-10-21(16(2)13-15)33-28(35)24-23-11-6-18-14-20(31)9-12-22(18)32(23)26(25(24)29(33)36)27(34)17-4-7-19(30)8-5-17/h3-14,23-26H,1-2H3. The molecule has 0 spiro atoms. The fourth-order valence-electron chi connectivity index (χ4n) is 5.92. The third-order valence-electron chi connectivity index (χ3n) is 7.46. The lowest BCUT2D eigenvalue weighted by atomic mass is 9.86. The zero-order valence-corrected chi connectivity index (χ0v) is 22.0. The molecule has 180 valence electrons. The first-order valence-corrected chi connectivity index (χ1v) is 12.9. The number of aryl methyl sites for hydroxylation is 2. The summed E-state index contributed by atoms with van der Waals surface area (Å²) in [5, 5.41) is 0.584. The Balaban J connectivity index is 1.50. The zero-order chi connectivity index (χ0) is 25.3. The largest absolute Gasteiger partial charge is 0.352 e. The van der Waals surface area contributed by atoms with E-state index in [1.807, 2.05) is 73.4 Å². The maximum Gasteiger partial charge on any atom is 0.240 e. The SMILES string of the molecule is Cc1ccc(N2C(=O)C3C(C2=O)C(C(=O)c2ccc(Br)cc2)N2c4ccc(Cl)cc4C=CC32)c(C)c1. The minimum absolute atomic E-state index is 0.181.